The van der Waals surface area contributed by atoms with Crippen LogP contribution in [-0.2, 0) is 4.79 Å². The minimum Gasteiger partial charge on any atom is -0.355 e. The van der Waals surface area contributed by atoms with E-state index < -0.39 is 0 Å². The van der Waals surface area contributed by atoms with Crippen LogP contribution in [0.1, 0.15) is 16.8 Å². The summed E-state index contributed by atoms with van der Waals surface area (Å²) in [6.45, 7) is 1.12. The summed E-state index contributed by atoms with van der Waals surface area (Å²) in [6.07, 6.45) is 0.247. The average Bonchev–Trinajstić information content (AvgIpc) is 2.90. The number of hydrogen-bond donors (Lipinski definition) is 2. The highest BCUT2D eigenvalue weighted by Crippen LogP contribution is 2.17. The third-order valence-corrected chi connectivity index (χ3v) is 3.98. The number of nitrogens with zero attached hydrogens (tertiary/aromatic N) is 1. The molecular weight excluding hydrogens is 290 g/mol. The number of hydrogen-bond acceptors (Lipinski definition) is 4. The fourth-order valence-corrected chi connectivity index (χ4v) is 2.82. The van der Waals surface area contributed by atoms with Crippen LogP contribution in [-0.4, -0.2) is 47.8 Å². The van der Waals surface area contributed by atoms with Crippen molar-refractivity contribution in [3.63, 3.8) is 0 Å². The maximum Gasteiger partial charge on any atom is 0.281 e. The highest BCUT2D eigenvalue weighted by molar-refractivity contribution is 8.13. The molecule has 1 saturated heterocycles. The van der Waals surface area contributed by atoms with Crippen LogP contribution >= 0.6 is 11.8 Å². The average molecular weight is 307 g/mol. The third-order valence-electron chi connectivity index (χ3n) is 3.09. The topological polar surface area (TPSA) is 78.5 Å². The number of benzene rings is 1. The van der Waals surface area contributed by atoms with Crippen molar-refractivity contribution >= 4 is 34.5 Å². The zero-order valence-corrected chi connectivity index (χ0v) is 12.5. The van der Waals surface area contributed by atoms with Crippen molar-refractivity contribution in [1.82, 2.24) is 10.2 Å². The molecule has 2 rings (SSSR count). The van der Waals surface area contributed by atoms with Gasteiger partial charge in [-0.25, -0.2) is 0 Å². The van der Waals surface area contributed by atoms with Crippen LogP contribution in [0.15, 0.2) is 24.3 Å². The van der Waals surface area contributed by atoms with Crippen LogP contribution in [0, 0.1) is 0 Å². The maximum atomic E-state index is 11.9. The van der Waals surface area contributed by atoms with Crippen molar-refractivity contribution in [3.8, 4) is 0 Å². The largest absolute Gasteiger partial charge is 0.355 e. The molecule has 2 N–H and O–H groups in total. The molecule has 6 nitrogen and oxygen atoms in total. The molecule has 0 spiro atoms. The van der Waals surface area contributed by atoms with Crippen molar-refractivity contribution in [1.29, 1.82) is 0 Å². The van der Waals surface area contributed by atoms with Gasteiger partial charge in [-0.05, 0) is 18.2 Å². The van der Waals surface area contributed by atoms with Gasteiger partial charge in [0.15, 0.2) is 0 Å². The second-order valence-corrected chi connectivity index (χ2v) is 5.61. The molecule has 1 heterocycles. The van der Waals surface area contributed by atoms with Crippen molar-refractivity contribution < 1.29 is 14.4 Å². The molecule has 0 radical (unpaired) electrons. The fourth-order valence-electron chi connectivity index (χ4n) is 1.97. The summed E-state index contributed by atoms with van der Waals surface area (Å²) in [7, 11) is 1.55. The molecule has 0 aromatic heterocycles. The number of anilines is 1. The van der Waals surface area contributed by atoms with Gasteiger partial charge in [0.1, 0.15) is 0 Å². The lowest BCUT2D eigenvalue weighted by Crippen LogP contribution is -2.27. The number of thioether (sulfide) groups is 1. The van der Waals surface area contributed by atoms with Gasteiger partial charge in [0.2, 0.25) is 5.91 Å². The lowest BCUT2D eigenvalue weighted by molar-refractivity contribution is -0.116. The fraction of sp³-hybridized carbons (Fsp3) is 0.357. The SMILES string of the molecule is CNC(=O)c1cccc(NC(=O)CCN2CCSC2=O)c1. The first-order valence-corrected chi connectivity index (χ1v) is 7.62. The molecule has 112 valence electrons. The van der Waals surface area contributed by atoms with Crippen LogP contribution in [0.3, 0.4) is 0 Å². The number of carbonyl (C=O) groups is 3. The predicted octanol–water partition coefficient (Wildman–Crippen LogP) is 1.54. The molecule has 3 amide bonds. The van der Waals surface area contributed by atoms with E-state index in [1.54, 1.807) is 36.2 Å². The van der Waals surface area contributed by atoms with Gasteiger partial charge in [-0.1, -0.05) is 17.8 Å². The van der Waals surface area contributed by atoms with Gasteiger partial charge in [-0.15, -0.1) is 0 Å². The Labute approximate surface area is 127 Å². The van der Waals surface area contributed by atoms with E-state index in [2.05, 4.69) is 10.6 Å². The monoisotopic (exact) mass is 307 g/mol. The van der Waals surface area contributed by atoms with Crippen molar-refractivity contribution in [2.75, 3.05) is 31.2 Å². The maximum absolute atomic E-state index is 11.9. The van der Waals surface area contributed by atoms with Gasteiger partial charge in [0.05, 0.1) is 0 Å². The Balaban J connectivity index is 1.87. The zero-order chi connectivity index (χ0) is 15.2. The number of carbonyl (C=O) groups excluding carboxylic acids is 3. The van der Waals surface area contributed by atoms with E-state index in [1.165, 1.54) is 11.8 Å². The summed E-state index contributed by atoms with van der Waals surface area (Å²) in [5, 5.41) is 5.30. The Bertz CT molecular complexity index is 562. The van der Waals surface area contributed by atoms with Gasteiger partial charge in [0, 0.05) is 43.6 Å². The van der Waals surface area contributed by atoms with Gasteiger partial charge >= 0.3 is 0 Å². The predicted molar refractivity (Wildman–Crippen MR) is 82.5 cm³/mol. The summed E-state index contributed by atoms with van der Waals surface area (Å²) >= 11 is 1.28. The molecule has 1 fully saturated rings. The van der Waals surface area contributed by atoms with E-state index in [9.17, 15) is 14.4 Å². The summed E-state index contributed by atoms with van der Waals surface area (Å²) in [5.41, 5.74) is 1.06. The van der Waals surface area contributed by atoms with Gasteiger partial charge in [0.25, 0.3) is 11.1 Å². The highest BCUT2D eigenvalue weighted by Gasteiger charge is 2.21. The quantitative estimate of drug-likeness (QED) is 0.865. The van der Waals surface area contributed by atoms with Gasteiger partial charge < -0.3 is 15.5 Å². The van der Waals surface area contributed by atoms with Gasteiger partial charge in [-0.2, -0.15) is 0 Å². The number of rotatable bonds is 5. The molecule has 1 aliphatic rings. The Kier molecular flexibility index (Phi) is 5.21. The van der Waals surface area contributed by atoms with Crippen LogP contribution < -0.4 is 10.6 Å². The van der Waals surface area contributed by atoms with E-state index in [0.29, 0.717) is 24.3 Å². The standard InChI is InChI=1S/C14H17N3O3S/c1-15-13(19)10-3-2-4-11(9-10)16-12(18)5-6-17-7-8-21-14(17)20/h2-4,9H,5-8H2,1H3,(H,15,19)(H,16,18). The molecule has 21 heavy (non-hydrogen) atoms. The van der Waals surface area contributed by atoms with E-state index in [-0.39, 0.29) is 23.5 Å². The zero-order valence-electron chi connectivity index (χ0n) is 11.7. The summed E-state index contributed by atoms with van der Waals surface area (Å²) < 4.78 is 0. The molecule has 0 unspecified atom stereocenters. The first kappa shape index (κ1) is 15.4. The normalized spacial score (nSPS) is 14.1. The summed E-state index contributed by atoms with van der Waals surface area (Å²) in [5.74, 6) is 0.411. The molecule has 0 saturated carbocycles. The Morgan fingerprint density at radius 3 is 2.86 bits per heavy atom. The molecule has 0 bridgehead atoms. The van der Waals surface area contributed by atoms with Crippen molar-refractivity contribution in [2.24, 2.45) is 0 Å². The van der Waals surface area contributed by atoms with Crippen LogP contribution in [0.5, 0.6) is 0 Å². The summed E-state index contributed by atoms with van der Waals surface area (Å²) in [6, 6.07) is 6.73. The van der Waals surface area contributed by atoms with Crippen LogP contribution in [0.25, 0.3) is 0 Å². The van der Waals surface area contributed by atoms with E-state index in [4.69, 9.17) is 0 Å². The van der Waals surface area contributed by atoms with Gasteiger partial charge in [-0.3, -0.25) is 14.4 Å². The van der Waals surface area contributed by atoms with Crippen LogP contribution in [0.4, 0.5) is 10.5 Å². The number of amides is 3. The minimum absolute atomic E-state index is 0.0319. The Morgan fingerprint density at radius 1 is 1.38 bits per heavy atom. The van der Waals surface area contributed by atoms with E-state index in [0.717, 1.165) is 5.75 Å². The molecule has 0 atom stereocenters. The van der Waals surface area contributed by atoms with E-state index >= 15 is 0 Å². The Morgan fingerprint density at radius 2 is 2.19 bits per heavy atom. The Hall–Kier alpha value is -2.02. The third kappa shape index (κ3) is 4.22. The molecule has 1 aliphatic heterocycles. The summed E-state index contributed by atoms with van der Waals surface area (Å²) in [4.78, 5) is 36.5. The van der Waals surface area contributed by atoms with Crippen LogP contribution in [0.2, 0.25) is 0 Å². The lowest BCUT2D eigenvalue weighted by Gasteiger charge is -2.14. The number of nitrogens with one attached hydrogen (secondary N) is 2. The first-order valence-electron chi connectivity index (χ1n) is 6.64. The molecular formula is C14H17N3O3S. The highest BCUT2D eigenvalue weighted by atomic mass is 32.2. The molecule has 1 aromatic carbocycles. The minimum atomic E-state index is -0.203. The molecule has 0 aliphatic carbocycles. The molecule has 1 aromatic rings. The first-order chi connectivity index (χ1) is 10.1. The smallest absolute Gasteiger partial charge is 0.281 e. The lowest BCUT2D eigenvalue weighted by atomic mass is 10.2. The molecule has 7 heteroatoms. The second kappa shape index (κ2) is 7.12. The van der Waals surface area contributed by atoms with Crippen molar-refractivity contribution in [3.05, 3.63) is 29.8 Å². The van der Waals surface area contributed by atoms with E-state index in [1.807, 2.05) is 0 Å². The second-order valence-electron chi connectivity index (χ2n) is 4.56. The van der Waals surface area contributed by atoms with Crippen molar-refractivity contribution in [2.45, 2.75) is 6.42 Å².